The molecule has 0 spiro atoms. The van der Waals surface area contributed by atoms with Crippen molar-refractivity contribution in [3.05, 3.63) is 202 Å². The fourth-order valence-electron chi connectivity index (χ4n) is 7.43. The van der Waals surface area contributed by atoms with Gasteiger partial charge in [0.15, 0.2) is 14.3 Å². The van der Waals surface area contributed by atoms with Crippen LogP contribution in [-0.2, 0) is 9.13 Å². The van der Waals surface area contributed by atoms with Gasteiger partial charge in [0, 0.05) is 55.1 Å². The quantitative estimate of drug-likeness (QED) is 0.0828. The predicted octanol–water partition coefficient (Wildman–Crippen LogP) is 8.76. The minimum Gasteiger partial charge on any atom is -0.309 e. The molecule has 0 heterocycles. The molecule has 8 nitrogen and oxygen atoms in total. The molecule has 8 aromatic rings. The second kappa shape index (κ2) is 13.8. The van der Waals surface area contributed by atoms with Gasteiger partial charge in [0.05, 0.1) is 20.6 Å². The summed E-state index contributed by atoms with van der Waals surface area (Å²) < 4.78 is 32.8. The van der Waals surface area contributed by atoms with E-state index in [1.54, 1.807) is 97.1 Å². The largest absolute Gasteiger partial charge is 0.309 e. The third-order valence-electron chi connectivity index (χ3n) is 9.83. The topological polar surface area (TPSA) is 120 Å². The molecule has 0 aliphatic rings. The van der Waals surface area contributed by atoms with E-state index in [1.807, 2.05) is 72.8 Å². The van der Waals surface area contributed by atoms with Gasteiger partial charge < -0.3 is 9.13 Å². The van der Waals surface area contributed by atoms with Crippen molar-refractivity contribution in [3.63, 3.8) is 0 Å². The number of fused-ring (bicyclic) bond motifs is 2. The first kappa shape index (κ1) is 34.6. The van der Waals surface area contributed by atoms with Crippen LogP contribution in [-0.4, -0.2) is 9.85 Å². The van der Waals surface area contributed by atoms with E-state index in [0.717, 1.165) is 0 Å². The molecule has 10 heteroatoms. The molecule has 0 aliphatic carbocycles. The lowest BCUT2D eigenvalue weighted by Crippen LogP contribution is -2.30. The minimum atomic E-state index is -3.84. The van der Waals surface area contributed by atoms with E-state index in [4.69, 9.17) is 0 Å². The number of nitrogens with zero attached hydrogens (tertiary/aromatic N) is 2. The molecule has 0 bridgehead atoms. The maximum atomic E-state index is 16.4. The highest BCUT2D eigenvalue weighted by Crippen LogP contribution is 2.52. The highest BCUT2D eigenvalue weighted by molar-refractivity contribution is 7.86. The molecule has 8 rings (SSSR count). The van der Waals surface area contributed by atoms with Crippen molar-refractivity contribution in [2.75, 3.05) is 0 Å². The van der Waals surface area contributed by atoms with E-state index >= 15 is 9.13 Å². The van der Waals surface area contributed by atoms with Crippen LogP contribution < -0.4 is 31.8 Å². The van der Waals surface area contributed by atoms with Crippen molar-refractivity contribution in [1.82, 2.24) is 0 Å². The molecule has 0 unspecified atom stereocenters. The predicted molar refractivity (Wildman–Crippen MR) is 219 cm³/mol. The Morgan fingerprint density at radius 1 is 0.333 bits per heavy atom. The maximum Gasteiger partial charge on any atom is 0.277 e. The molecular weight excluding hydrogens is 714 g/mol. The number of hydrogen-bond acceptors (Lipinski definition) is 6. The number of hydrogen-bond donors (Lipinski definition) is 0. The molecule has 0 N–H and O–H groups in total. The zero-order chi connectivity index (χ0) is 37.5. The number of benzene rings is 8. The van der Waals surface area contributed by atoms with E-state index < -0.39 is 24.1 Å². The van der Waals surface area contributed by atoms with Gasteiger partial charge in [-0.1, -0.05) is 146 Å². The monoisotopic (exact) mass is 744 g/mol. The summed E-state index contributed by atoms with van der Waals surface area (Å²) in [5, 5.41) is 29.2. The summed E-state index contributed by atoms with van der Waals surface area (Å²) >= 11 is 0. The molecule has 54 heavy (non-hydrogen) atoms. The van der Waals surface area contributed by atoms with E-state index in [2.05, 4.69) is 0 Å². The molecule has 0 fully saturated rings. The van der Waals surface area contributed by atoms with E-state index in [0.29, 0.717) is 53.7 Å². The molecule has 0 radical (unpaired) electrons. The fourth-order valence-corrected chi connectivity index (χ4v) is 13.2. The van der Waals surface area contributed by atoms with Crippen LogP contribution in [0.5, 0.6) is 0 Å². The van der Waals surface area contributed by atoms with Crippen molar-refractivity contribution in [2.24, 2.45) is 0 Å². The summed E-state index contributed by atoms with van der Waals surface area (Å²) in [5.74, 6) is 0. The Bertz CT molecular complexity index is 2550. The smallest absolute Gasteiger partial charge is 0.277 e. The fraction of sp³-hybridized carbons (Fsp3) is 0. The van der Waals surface area contributed by atoms with Gasteiger partial charge in [-0.05, 0) is 35.0 Å². The van der Waals surface area contributed by atoms with Crippen LogP contribution in [0.25, 0.3) is 32.7 Å². The molecule has 0 atom stereocenters. The Hall–Kier alpha value is -6.46. The van der Waals surface area contributed by atoms with Gasteiger partial charge in [-0.15, -0.1) is 0 Å². The standard InChI is InChI=1S/C44H30N2O6P2/c47-45(48)39-25-13-23-37-35(39)27-29-41(53(51,31-15-5-1-6-16-31)32-17-7-2-8-18-32)43(37)44-38-24-14-26-40(46(49)50)36(38)28-30-42(44)54(52,33-19-9-3-10-20-33)34-21-11-4-12-22-34/h1-30H. The van der Waals surface area contributed by atoms with Crippen LogP contribution in [0.4, 0.5) is 11.4 Å². The van der Waals surface area contributed by atoms with Gasteiger partial charge >= 0.3 is 0 Å². The van der Waals surface area contributed by atoms with Crippen LogP contribution in [0, 0.1) is 20.2 Å². The van der Waals surface area contributed by atoms with Gasteiger partial charge in [0.2, 0.25) is 0 Å². The van der Waals surface area contributed by atoms with Crippen LogP contribution in [0.3, 0.4) is 0 Å². The minimum absolute atomic E-state index is 0.170. The lowest BCUT2D eigenvalue weighted by Gasteiger charge is -2.28. The first-order chi connectivity index (χ1) is 26.2. The average molecular weight is 745 g/mol. The lowest BCUT2D eigenvalue weighted by atomic mass is 9.92. The number of non-ortho nitro benzene ring substituents is 2. The van der Waals surface area contributed by atoms with Gasteiger partial charge in [-0.25, -0.2) is 0 Å². The van der Waals surface area contributed by atoms with Gasteiger partial charge in [-0.2, -0.15) is 0 Å². The van der Waals surface area contributed by atoms with Crippen molar-refractivity contribution >= 4 is 79.0 Å². The second-order valence-electron chi connectivity index (χ2n) is 12.7. The Labute approximate surface area is 310 Å². The summed E-state index contributed by atoms with van der Waals surface area (Å²) in [6.07, 6.45) is 0. The Morgan fingerprint density at radius 2 is 0.630 bits per heavy atom. The van der Waals surface area contributed by atoms with E-state index in [1.165, 1.54) is 12.1 Å². The van der Waals surface area contributed by atoms with Crippen molar-refractivity contribution in [2.45, 2.75) is 0 Å². The zero-order valence-corrected chi connectivity index (χ0v) is 30.3. The molecule has 8 aromatic carbocycles. The third kappa shape index (κ3) is 5.55. The van der Waals surface area contributed by atoms with Gasteiger partial charge in [-0.3, -0.25) is 20.2 Å². The van der Waals surface area contributed by atoms with Crippen LogP contribution in [0.2, 0.25) is 0 Å². The zero-order valence-electron chi connectivity index (χ0n) is 28.6. The van der Waals surface area contributed by atoms with Gasteiger partial charge in [0.1, 0.15) is 0 Å². The van der Waals surface area contributed by atoms with E-state index in [9.17, 15) is 20.2 Å². The van der Waals surface area contributed by atoms with Crippen LogP contribution in [0.15, 0.2) is 182 Å². The first-order valence-corrected chi connectivity index (χ1v) is 20.5. The van der Waals surface area contributed by atoms with Crippen molar-refractivity contribution in [1.29, 1.82) is 0 Å². The number of rotatable bonds is 9. The molecule has 0 amide bonds. The summed E-state index contributed by atoms with van der Waals surface area (Å²) in [5.41, 5.74) is 0.356. The SMILES string of the molecule is O=[N+]([O-])c1cccc2c(-c3c(P(=O)(c4ccccc4)c4ccccc4)ccc4c([N+](=O)[O-])cccc34)c(P(=O)(c3ccccc3)c3ccccc3)ccc12. The molecule has 262 valence electrons. The normalized spacial score (nSPS) is 11.8. The Morgan fingerprint density at radius 3 is 0.907 bits per heavy atom. The molecule has 0 aliphatic heterocycles. The number of nitro benzene ring substituents is 2. The average Bonchev–Trinajstić information content (AvgIpc) is 3.23. The maximum absolute atomic E-state index is 16.4. The lowest BCUT2D eigenvalue weighted by molar-refractivity contribution is -0.383. The molecule has 0 aromatic heterocycles. The summed E-state index contributed by atoms with van der Waals surface area (Å²) in [4.78, 5) is 24.2. The van der Waals surface area contributed by atoms with Crippen molar-refractivity contribution < 1.29 is 19.0 Å². The van der Waals surface area contributed by atoms with Crippen molar-refractivity contribution in [3.8, 4) is 11.1 Å². The highest BCUT2D eigenvalue weighted by Gasteiger charge is 2.39. The molecule has 0 saturated carbocycles. The Kier molecular flexibility index (Phi) is 8.87. The van der Waals surface area contributed by atoms with Crippen LogP contribution >= 0.6 is 14.3 Å². The van der Waals surface area contributed by atoms with Gasteiger partial charge in [0.25, 0.3) is 11.4 Å². The number of nitro groups is 2. The molecular formula is C44H30N2O6P2. The Balaban J connectivity index is 1.66. The summed E-state index contributed by atoms with van der Waals surface area (Å²) in [6, 6.07) is 52.2. The van der Waals surface area contributed by atoms with Crippen LogP contribution in [0.1, 0.15) is 0 Å². The molecule has 0 saturated heterocycles. The first-order valence-electron chi connectivity index (χ1n) is 17.1. The summed E-state index contributed by atoms with van der Waals surface area (Å²) in [7, 11) is -7.68. The third-order valence-corrected chi connectivity index (χ3v) is 16.0. The van der Waals surface area contributed by atoms with E-state index in [-0.39, 0.29) is 22.1 Å². The second-order valence-corrected chi connectivity index (χ2v) is 18.2. The highest BCUT2D eigenvalue weighted by atomic mass is 31.2. The summed E-state index contributed by atoms with van der Waals surface area (Å²) in [6.45, 7) is 0.